The van der Waals surface area contributed by atoms with Gasteiger partial charge in [0.15, 0.2) is 11.2 Å². The molecule has 138 valence electrons. The fourth-order valence-corrected chi connectivity index (χ4v) is 4.33. The third kappa shape index (κ3) is 2.59. The second-order valence-electron chi connectivity index (χ2n) is 7.53. The molecule has 0 N–H and O–H groups in total. The molecule has 6 nitrogen and oxygen atoms in total. The van der Waals surface area contributed by atoms with Gasteiger partial charge < -0.3 is 9.32 Å². The number of fused-ring (bicyclic) bond motifs is 1. The summed E-state index contributed by atoms with van der Waals surface area (Å²) in [4.78, 5) is 31.7. The van der Waals surface area contributed by atoms with E-state index in [-0.39, 0.29) is 23.1 Å². The average Bonchev–Trinajstić information content (AvgIpc) is 3.46. The second-order valence-corrected chi connectivity index (χ2v) is 7.53. The van der Waals surface area contributed by atoms with E-state index in [0.717, 1.165) is 31.2 Å². The number of amides is 1. The number of benzene rings is 1. The summed E-state index contributed by atoms with van der Waals surface area (Å²) in [6.45, 7) is 1.31. The van der Waals surface area contributed by atoms with Crippen LogP contribution in [0.25, 0.3) is 11.2 Å². The highest BCUT2D eigenvalue weighted by Crippen LogP contribution is 2.50. The lowest BCUT2D eigenvalue weighted by Gasteiger charge is -2.34. The predicted molar refractivity (Wildman–Crippen MR) is 100 cm³/mol. The van der Waals surface area contributed by atoms with Gasteiger partial charge in [0.25, 0.3) is 0 Å². The van der Waals surface area contributed by atoms with E-state index in [2.05, 4.69) is 17.1 Å². The molecule has 27 heavy (non-hydrogen) atoms. The van der Waals surface area contributed by atoms with Crippen LogP contribution >= 0.6 is 0 Å². The highest BCUT2D eigenvalue weighted by atomic mass is 16.4. The molecule has 1 aromatic carbocycles. The van der Waals surface area contributed by atoms with Gasteiger partial charge in [-0.05, 0) is 43.4 Å². The van der Waals surface area contributed by atoms with Gasteiger partial charge >= 0.3 is 5.76 Å². The van der Waals surface area contributed by atoms with Crippen LogP contribution in [0.1, 0.15) is 37.3 Å². The molecule has 3 aromatic rings. The van der Waals surface area contributed by atoms with Crippen molar-refractivity contribution in [2.75, 3.05) is 13.1 Å². The van der Waals surface area contributed by atoms with E-state index in [9.17, 15) is 9.59 Å². The Labute approximate surface area is 156 Å². The van der Waals surface area contributed by atoms with Crippen molar-refractivity contribution < 1.29 is 9.21 Å². The number of aromatic nitrogens is 2. The second kappa shape index (κ2) is 6.08. The topological polar surface area (TPSA) is 68.3 Å². The number of pyridine rings is 1. The molecule has 0 radical (unpaired) electrons. The maximum absolute atomic E-state index is 13.2. The first-order valence-electron chi connectivity index (χ1n) is 9.50. The molecule has 6 heteroatoms. The molecule has 1 aliphatic heterocycles. The van der Waals surface area contributed by atoms with Crippen LogP contribution in [0.2, 0.25) is 0 Å². The maximum Gasteiger partial charge on any atom is 0.421 e. The predicted octanol–water partition coefficient (Wildman–Crippen LogP) is 2.88. The maximum atomic E-state index is 13.2. The van der Waals surface area contributed by atoms with Crippen LogP contribution in [0.15, 0.2) is 57.9 Å². The third-order valence-electron chi connectivity index (χ3n) is 5.98. The zero-order valence-corrected chi connectivity index (χ0v) is 15.0. The SMILES string of the molecule is O=C(N1CCC(n2c(=O)oc3cccnc32)CC1)C1(c2ccccc2)CC1. The number of carbonyl (C=O) groups is 1. The molecule has 3 heterocycles. The Bertz CT molecular complexity index is 1040. The number of piperidine rings is 1. The van der Waals surface area contributed by atoms with Crippen LogP contribution in [0.4, 0.5) is 0 Å². The largest absolute Gasteiger partial charge is 0.421 e. The van der Waals surface area contributed by atoms with Crippen molar-refractivity contribution in [3.8, 4) is 0 Å². The van der Waals surface area contributed by atoms with Crippen LogP contribution < -0.4 is 5.76 Å². The third-order valence-corrected chi connectivity index (χ3v) is 5.98. The molecule has 1 saturated heterocycles. The monoisotopic (exact) mass is 363 g/mol. The number of hydrogen-bond donors (Lipinski definition) is 0. The fourth-order valence-electron chi connectivity index (χ4n) is 4.33. The van der Waals surface area contributed by atoms with E-state index in [1.807, 2.05) is 23.1 Å². The molecule has 2 fully saturated rings. The van der Waals surface area contributed by atoms with Crippen molar-refractivity contribution in [3.05, 3.63) is 64.8 Å². The Hall–Kier alpha value is -2.89. The van der Waals surface area contributed by atoms with Crippen molar-refractivity contribution >= 4 is 17.1 Å². The molecule has 0 atom stereocenters. The number of rotatable bonds is 3. The molecular formula is C21H21N3O3. The number of nitrogens with zero attached hydrogens (tertiary/aromatic N) is 3. The molecular weight excluding hydrogens is 342 g/mol. The van der Waals surface area contributed by atoms with Gasteiger partial charge in [-0.1, -0.05) is 30.3 Å². The molecule has 2 aliphatic rings. The summed E-state index contributed by atoms with van der Waals surface area (Å²) in [5.74, 6) is -0.133. The van der Waals surface area contributed by atoms with Gasteiger partial charge in [-0.2, -0.15) is 0 Å². The smallest absolute Gasteiger partial charge is 0.406 e. The van der Waals surface area contributed by atoms with Crippen LogP contribution in [0, 0.1) is 0 Å². The molecule has 0 unspecified atom stereocenters. The summed E-state index contributed by atoms with van der Waals surface area (Å²) in [6.07, 6.45) is 4.99. The first kappa shape index (κ1) is 16.3. The zero-order valence-electron chi connectivity index (χ0n) is 15.0. The highest BCUT2D eigenvalue weighted by molar-refractivity contribution is 5.91. The summed E-state index contributed by atoms with van der Waals surface area (Å²) < 4.78 is 6.97. The van der Waals surface area contributed by atoms with E-state index in [1.54, 1.807) is 22.9 Å². The Morgan fingerprint density at radius 3 is 2.52 bits per heavy atom. The van der Waals surface area contributed by atoms with Crippen molar-refractivity contribution in [1.29, 1.82) is 0 Å². The van der Waals surface area contributed by atoms with Gasteiger partial charge in [0.1, 0.15) is 0 Å². The lowest BCUT2D eigenvalue weighted by atomic mass is 9.93. The minimum Gasteiger partial charge on any atom is -0.406 e. The van der Waals surface area contributed by atoms with E-state index >= 15 is 0 Å². The summed E-state index contributed by atoms with van der Waals surface area (Å²) in [6, 6.07) is 13.6. The van der Waals surface area contributed by atoms with E-state index in [1.165, 1.54) is 0 Å². The van der Waals surface area contributed by atoms with Crippen LogP contribution in [0.3, 0.4) is 0 Å². The minimum atomic E-state index is -0.364. The molecule has 5 rings (SSSR count). The van der Waals surface area contributed by atoms with Crippen molar-refractivity contribution in [2.24, 2.45) is 0 Å². The molecule has 1 saturated carbocycles. The minimum absolute atomic E-state index is 0.0181. The average molecular weight is 363 g/mol. The Kier molecular flexibility index (Phi) is 3.67. The first-order chi connectivity index (χ1) is 13.2. The van der Waals surface area contributed by atoms with Crippen molar-refractivity contribution in [3.63, 3.8) is 0 Å². The van der Waals surface area contributed by atoms with Crippen LogP contribution in [-0.4, -0.2) is 33.4 Å². The Morgan fingerprint density at radius 2 is 1.81 bits per heavy atom. The van der Waals surface area contributed by atoms with E-state index in [0.29, 0.717) is 24.3 Å². The Balaban J connectivity index is 1.34. The van der Waals surface area contributed by atoms with Crippen LogP contribution in [0.5, 0.6) is 0 Å². The summed E-state index contributed by atoms with van der Waals surface area (Å²) >= 11 is 0. The number of likely N-dealkylation sites (tertiary alicyclic amines) is 1. The van der Waals surface area contributed by atoms with Gasteiger partial charge in [-0.25, -0.2) is 9.78 Å². The summed E-state index contributed by atoms with van der Waals surface area (Å²) in [5.41, 5.74) is 1.91. The number of hydrogen-bond acceptors (Lipinski definition) is 4. The van der Waals surface area contributed by atoms with Crippen LogP contribution in [-0.2, 0) is 10.2 Å². The fraction of sp³-hybridized carbons (Fsp3) is 0.381. The number of carbonyl (C=O) groups excluding carboxylic acids is 1. The molecule has 0 spiro atoms. The normalized spacial score (nSPS) is 19.3. The molecule has 1 aliphatic carbocycles. The molecule has 2 aromatic heterocycles. The van der Waals surface area contributed by atoms with Gasteiger partial charge in [-0.15, -0.1) is 0 Å². The zero-order chi connectivity index (χ0) is 18.4. The summed E-state index contributed by atoms with van der Waals surface area (Å²) in [7, 11) is 0. The number of oxazole rings is 1. The lowest BCUT2D eigenvalue weighted by molar-refractivity contribution is -0.135. The van der Waals surface area contributed by atoms with E-state index in [4.69, 9.17) is 4.42 Å². The van der Waals surface area contributed by atoms with Gasteiger partial charge in [0.05, 0.1) is 5.41 Å². The standard InChI is InChI=1S/C21H21N3O3/c25-19(21(10-11-21)15-5-2-1-3-6-15)23-13-8-16(9-14-23)24-18-17(27-20(24)26)7-4-12-22-18/h1-7,12,16H,8-11,13-14H2. The molecule has 0 bridgehead atoms. The highest BCUT2D eigenvalue weighted by Gasteiger charge is 2.53. The van der Waals surface area contributed by atoms with Gasteiger partial charge in [0.2, 0.25) is 5.91 Å². The quantitative estimate of drug-likeness (QED) is 0.718. The van der Waals surface area contributed by atoms with Crippen molar-refractivity contribution in [2.45, 2.75) is 37.1 Å². The van der Waals surface area contributed by atoms with E-state index < -0.39 is 0 Å². The Morgan fingerprint density at radius 1 is 1.07 bits per heavy atom. The first-order valence-corrected chi connectivity index (χ1v) is 9.50. The van der Waals surface area contributed by atoms with Crippen molar-refractivity contribution in [1.82, 2.24) is 14.5 Å². The summed E-state index contributed by atoms with van der Waals surface area (Å²) in [5, 5.41) is 0. The van der Waals surface area contributed by atoms with Gasteiger partial charge in [-0.3, -0.25) is 9.36 Å². The molecule has 1 amide bonds. The lowest BCUT2D eigenvalue weighted by Crippen LogP contribution is -2.45. The van der Waals surface area contributed by atoms with Gasteiger partial charge in [0, 0.05) is 25.3 Å².